The highest BCUT2D eigenvalue weighted by atomic mass is 16.5. The maximum absolute atomic E-state index is 12.0. The van der Waals surface area contributed by atoms with Gasteiger partial charge in [0.2, 0.25) is 5.91 Å². The van der Waals surface area contributed by atoms with E-state index in [4.69, 9.17) is 10.00 Å². The van der Waals surface area contributed by atoms with Crippen molar-refractivity contribution in [3.63, 3.8) is 0 Å². The number of carbonyl (C=O) groups is 1. The van der Waals surface area contributed by atoms with Crippen LogP contribution in [0.4, 0.5) is 0 Å². The van der Waals surface area contributed by atoms with Crippen molar-refractivity contribution >= 4 is 5.91 Å². The van der Waals surface area contributed by atoms with E-state index in [1.54, 1.807) is 0 Å². The van der Waals surface area contributed by atoms with E-state index in [1.165, 1.54) is 0 Å². The second kappa shape index (κ2) is 5.05. The smallest absolute Gasteiger partial charge is 0.240 e. The lowest BCUT2D eigenvalue weighted by molar-refractivity contribution is -0.132. The minimum absolute atomic E-state index is 0.0759. The molecule has 2 aliphatic rings. The van der Waals surface area contributed by atoms with E-state index in [1.807, 2.05) is 0 Å². The molecule has 17 heavy (non-hydrogen) atoms. The molecule has 0 spiro atoms. The van der Waals surface area contributed by atoms with Gasteiger partial charge in [-0.05, 0) is 32.1 Å². The first-order chi connectivity index (χ1) is 8.22. The molecule has 0 radical (unpaired) electrons. The molecule has 2 atom stereocenters. The summed E-state index contributed by atoms with van der Waals surface area (Å²) >= 11 is 0. The van der Waals surface area contributed by atoms with Gasteiger partial charge in [-0.1, -0.05) is 6.92 Å². The molecule has 0 aromatic heterocycles. The standard InChI is InChI=1S/C13H20N2O2/c1-2-11-10(4-7-17-11)8-15-12(16)13(9-14)5-3-6-13/h10-11H,2-8H2,1H3,(H,15,16). The molecule has 2 unspecified atom stereocenters. The molecule has 1 heterocycles. The number of hydrogen-bond acceptors (Lipinski definition) is 3. The molecule has 0 bridgehead atoms. The molecule has 1 aliphatic heterocycles. The molecule has 2 rings (SSSR count). The second-order valence-corrected chi connectivity index (χ2v) is 5.12. The molecule has 0 aromatic rings. The predicted octanol–water partition coefficient (Wildman–Crippen LogP) is 1.61. The first kappa shape index (κ1) is 12.4. The van der Waals surface area contributed by atoms with Gasteiger partial charge in [-0.3, -0.25) is 4.79 Å². The molecular formula is C13H20N2O2. The van der Waals surface area contributed by atoms with Gasteiger partial charge in [0, 0.05) is 19.1 Å². The summed E-state index contributed by atoms with van der Waals surface area (Å²) in [4.78, 5) is 12.0. The van der Waals surface area contributed by atoms with Crippen LogP contribution in [0.5, 0.6) is 0 Å². The molecule has 4 heteroatoms. The Morgan fingerprint density at radius 1 is 1.59 bits per heavy atom. The summed E-state index contributed by atoms with van der Waals surface area (Å²) in [5.41, 5.74) is -0.721. The van der Waals surface area contributed by atoms with E-state index in [2.05, 4.69) is 18.3 Å². The molecule has 94 valence electrons. The van der Waals surface area contributed by atoms with Gasteiger partial charge in [0.05, 0.1) is 12.2 Å². The fourth-order valence-electron chi connectivity index (χ4n) is 2.69. The van der Waals surface area contributed by atoms with E-state index < -0.39 is 5.41 Å². The zero-order valence-electron chi connectivity index (χ0n) is 10.4. The number of amides is 1. The lowest BCUT2D eigenvalue weighted by Crippen LogP contribution is -2.46. The molecule has 1 saturated heterocycles. The number of carbonyl (C=O) groups excluding carboxylic acids is 1. The van der Waals surface area contributed by atoms with Gasteiger partial charge in [0.25, 0.3) is 0 Å². The zero-order valence-corrected chi connectivity index (χ0v) is 10.4. The van der Waals surface area contributed by atoms with Gasteiger partial charge < -0.3 is 10.1 Å². The average molecular weight is 236 g/mol. The Morgan fingerprint density at radius 2 is 2.35 bits per heavy atom. The Kier molecular flexibility index (Phi) is 3.68. The molecule has 1 amide bonds. The van der Waals surface area contributed by atoms with Crippen molar-refractivity contribution in [2.24, 2.45) is 11.3 Å². The highest BCUT2D eigenvalue weighted by molar-refractivity contribution is 5.86. The van der Waals surface area contributed by atoms with Crippen LogP contribution in [-0.4, -0.2) is 25.2 Å². The largest absolute Gasteiger partial charge is 0.378 e. The minimum atomic E-state index is -0.721. The summed E-state index contributed by atoms with van der Waals surface area (Å²) in [5, 5.41) is 12.0. The van der Waals surface area contributed by atoms with Crippen LogP contribution in [0.3, 0.4) is 0 Å². The summed E-state index contributed by atoms with van der Waals surface area (Å²) in [5.74, 6) is 0.341. The maximum atomic E-state index is 12.0. The summed E-state index contributed by atoms with van der Waals surface area (Å²) in [7, 11) is 0. The normalized spacial score (nSPS) is 30.4. The van der Waals surface area contributed by atoms with Gasteiger partial charge >= 0.3 is 0 Å². The lowest BCUT2D eigenvalue weighted by atomic mass is 9.69. The summed E-state index contributed by atoms with van der Waals surface area (Å²) in [6.45, 7) is 3.55. The van der Waals surface area contributed by atoms with Gasteiger partial charge in [0.1, 0.15) is 5.41 Å². The minimum Gasteiger partial charge on any atom is -0.378 e. The van der Waals surface area contributed by atoms with Crippen LogP contribution in [0, 0.1) is 22.7 Å². The highest BCUT2D eigenvalue weighted by Crippen LogP contribution is 2.40. The van der Waals surface area contributed by atoms with Crippen LogP contribution in [0.1, 0.15) is 39.0 Å². The maximum Gasteiger partial charge on any atom is 0.240 e. The Hall–Kier alpha value is -1.08. The van der Waals surface area contributed by atoms with Gasteiger partial charge in [0.15, 0.2) is 0 Å². The molecule has 1 aliphatic carbocycles. The molecule has 4 nitrogen and oxygen atoms in total. The van der Waals surface area contributed by atoms with Crippen molar-refractivity contribution in [2.75, 3.05) is 13.2 Å². The van der Waals surface area contributed by atoms with Crippen LogP contribution >= 0.6 is 0 Å². The topological polar surface area (TPSA) is 62.1 Å². The fourth-order valence-corrected chi connectivity index (χ4v) is 2.69. The molecular weight excluding hydrogens is 216 g/mol. The number of nitrogens with one attached hydrogen (secondary N) is 1. The van der Waals surface area contributed by atoms with Crippen molar-refractivity contribution in [2.45, 2.75) is 45.1 Å². The van der Waals surface area contributed by atoms with Gasteiger partial charge in [-0.2, -0.15) is 5.26 Å². The third-order valence-electron chi connectivity index (χ3n) is 4.13. The molecule has 1 N–H and O–H groups in total. The Balaban J connectivity index is 1.82. The number of nitrogens with zero attached hydrogens (tertiary/aromatic N) is 1. The summed E-state index contributed by atoms with van der Waals surface area (Å²) in [6.07, 6.45) is 4.70. The SMILES string of the molecule is CCC1OCCC1CNC(=O)C1(C#N)CCC1. The number of nitriles is 1. The van der Waals surface area contributed by atoms with Crippen molar-refractivity contribution < 1.29 is 9.53 Å². The van der Waals surface area contributed by atoms with Crippen LogP contribution in [0.15, 0.2) is 0 Å². The Bertz CT molecular complexity index is 331. The van der Waals surface area contributed by atoms with Crippen LogP contribution in [-0.2, 0) is 9.53 Å². The molecule has 1 saturated carbocycles. The monoisotopic (exact) mass is 236 g/mol. The number of ether oxygens (including phenoxy) is 1. The average Bonchev–Trinajstić information content (AvgIpc) is 2.72. The first-order valence-electron chi connectivity index (χ1n) is 6.53. The summed E-state index contributed by atoms with van der Waals surface area (Å²) in [6, 6.07) is 2.17. The summed E-state index contributed by atoms with van der Waals surface area (Å²) < 4.78 is 5.58. The lowest BCUT2D eigenvalue weighted by Gasteiger charge is -2.33. The highest BCUT2D eigenvalue weighted by Gasteiger charge is 2.44. The van der Waals surface area contributed by atoms with Crippen molar-refractivity contribution in [3.8, 4) is 6.07 Å². The third-order valence-corrected chi connectivity index (χ3v) is 4.13. The van der Waals surface area contributed by atoms with Crippen LogP contribution in [0.2, 0.25) is 0 Å². The predicted molar refractivity (Wildman–Crippen MR) is 63.0 cm³/mol. The van der Waals surface area contributed by atoms with E-state index >= 15 is 0 Å². The van der Waals surface area contributed by atoms with E-state index in [0.717, 1.165) is 25.9 Å². The Morgan fingerprint density at radius 3 is 2.88 bits per heavy atom. The van der Waals surface area contributed by atoms with Crippen molar-refractivity contribution in [1.29, 1.82) is 5.26 Å². The third kappa shape index (κ3) is 2.30. The van der Waals surface area contributed by atoms with Crippen molar-refractivity contribution in [1.82, 2.24) is 5.32 Å². The fraction of sp³-hybridized carbons (Fsp3) is 0.846. The number of hydrogen-bond donors (Lipinski definition) is 1. The van der Waals surface area contributed by atoms with Crippen LogP contribution < -0.4 is 5.32 Å². The van der Waals surface area contributed by atoms with Crippen molar-refractivity contribution in [3.05, 3.63) is 0 Å². The number of rotatable bonds is 4. The Labute approximate surface area is 102 Å². The van der Waals surface area contributed by atoms with Crippen LogP contribution in [0.25, 0.3) is 0 Å². The van der Waals surface area contributed by atoms with E-state index in [9.17, 15) is 4.79 Å². The zero-order chi connectivity index (χ0) is 12.3. The molecule has 0 aromatic carbocycles. The first-order valence-corrected chi connectivity index (χ1v) is 6.53. The van der Waals surface area contributed by atoms with Gasteiger partial charge in [-0.25, -0.2) is 0 Å². The van der Waals surface area contributed by atoms with E-state index in [-0.39, 0.29) is 12.0 Å². The molecule has 2 fully saturated rings. The van der Waals surface area contributed by atoms with E-state index in [0.29, 0.717) is 25.3 Å². The second-order valence-electron chi connectivity index (χ2n) is 5.12. The van der Waals surface area contributed by atoms with Gasteiger partial charge in [-0.15, -0.1) is 0 Å². The quantitative estimate of drug-likeness (QED) is 0.806.